The van der Waals surface area contributed by atoms with E-state index in [4.69, 9.17) is 9.47 Å². The van der Waals surface area contributed by atoms with E-state index in [-0.39, 0.29) is 11.4 Å². The summed E-state index contributed by atoms with van der Waals surface area (Å²) in [5, 5.41) is 12.7. The highest BCUT2D eigenvalue weighted by molar-refractivity contribution is 5.90. The number of nitrogens with one attached hydrogen (secondary N) is 1. The van der Waals surface area contributed by atoms with Crippen molar-refractivity contribution in [2.75, 3.05) is 31.1 Å². The van der Waals surface area contributed by atoms with Gasteiger partial charge in [-0.3, -0.25) is 0 Å². The molecule has 2 aromatic carbocycles. The lowest BCUT2D eigenvalue weighted by Gasteiger charge is -2.27. The van der Waals surface area contributed by atoms with Crippen LogP contribution in [-0.4, -0.2) is 47.2 Å². The number of nitrogens with zero attached hydrogens (tertiary/aromatic N) is 3. The summed E-state index contributed by atoms with van der Waals surface area (Å²) in [6.45, 7) is 3.14. The fraction of sp³-hybridized carbons (Fsp3) is 0.190. The number of carboxylic acid groups (broad SMARTS) is 1. The fourth-order valence-electron chi connectivity index (χ4n) is 2.91. The molecule has 0 amide bonds. The molecule has 1 saturated heterocycles. The van der Waals surface area contributed by atoms with E-state index in [0.29, 0.717) is 17.4 Å². The summed E-state index contributed by atoms with van der Waals surface area (Å²) in [5.74, 6) is 1.15. The summed E-state index contributed by atoms with van der Waals surface area (Å²) < 4.78 is 11.5. The average Bonchev–Trinajstić information content (AvgIpc) is 2.76. The number of aromatic carboxylic acids is 1. The van der Waals surface area contributed by atoms with Crippen LogP contribution in [0.15, 0.2) is 60.8 Å². The first-order valence-corrected chi connectivity index (χ1v) is 9.26. The number of hydrogen-bond donors (Lipinski definition) is 2. The first kappa shape index (κ1) is 18.7. The molecule has 0 atom stereocenters. The van der Waals surface area contributed by atoms with Crippen molar-refractivity contribution in [1.29, 1.82) is 0 Å². The number of piperazine rings is 1. The Morgan fingerprint density at radius 1 is 0.931 bits per heavy atom. The molecule has 3 aromatic rings. The summed E-state index contributed by atoms with van der Waals surface area (Å²) in [4.78, 5) is 22.1. The first-order chi connectivity index (χ1) is 14.2. The summed E-state index contributed by atoms with van der Waals surface area (Å²) in [7, 11) is 0. The molecule has 0 aliphatic carbocycles. The largest absolute Gasteiger partial charge is 0.477 e. The molecule has 4 rings (SSSR count). The van der Waals surface area contributed by atoms with Gasteiger partial charge in [0.15, 0.2) is 0 Å². The second-order valence-corrected chi connectivity index (χ2v) is 6.42. The number of hydrogen-bond acceptors (Lipinski definition) is 7. The standard InChI is InChI=1S/C21H20N4O4/c26-20(27)18-14-23-21(25-12-10-22-11-13-25)24-19(18)29-17-8-6-16(7-9-17)28-15-4-2-1-3-5-15/h1-9,14,22H,10-13H2,(H,26,27). The van der Waals surface area contributed by atoms with Crippen molar-refractivity contribution < 1.29 is 19.4 Å². The molecule has 1 aliphatic heterocycles. The Morgan fingerprint density at radius 2 is 1.55 bits per heavy atom. The molecular weight excluding hydrogens is 372 g/mol. The van der Waals surface area contributed by atoms with E-state index in [0.717, 1.165) is 31.9 Å². The maximum Gasteiger partial charge on any atom is 0.342 e. The SMILES string of the molecule is O=C(O)c1cnc(N2CCNCC2)nc1Oc1ccc(Oc2ccccc2)cc1. The smallest absolute Gasteiger partial charge is 0.342 e. The van der Waals surface area contributed by atoms with Crippen LogP contribution in [0.25, 0.3) is 0 Å². The number of aromatic nitrogens is 2. The number of anilines is 1. The topological polar surface area (TPSA) is 96.8 Å². The third kappa shape index (κ3) is 4.61. The molecule has 0 spiro atoms. The van der Waals surface area contributed by atoms with Gasteiger partial charge in [0.2, 0.25) is 11.8 Å². The van der Waals surface area contributed by atoms with Crippen molar-refractivity contribution in [3.05, 3.63) is 66.4 Å². The van der Waals surface area contributed by atoms with Gasteiger partial charge in [-0.15, -0.1) is 0 Å². The lowest BCUT2D eigenvalue weighted by Crippen LogP contribution is -2.44. The molecule has 8 heteroatoms. The average molecular weight is 392 g/mol. The Labute approximate surface area is 167 Å². The van der Waals surface area contributed by atoms with Gasteiger partial charge >= 0.3 is 5.97 Å². The minimum atomic E-state index is -1.14. The number of carboxylic acids is 1. The molecule has 1 aromatic heterocycles. The second kappa shape index (κ2) is 8.57. The number of rotatable bonds is 6. The van der Waals surface area contributed by atoms with E-state index < -0.39 is 5.97 Å². The molecule has 1 fully saturated rings. The van der Waals surface area contributed by atoms with Crippen LogP contribution < -0.4 is 19.7 Å². The minimum absolute atomic E-state index is 0.0118. The Hall–Kier alpha value is -3.65. The monoisotopic (exact) mass is 392 g/mol. The van der Waals surface area contributed by atoms with Crippen molar-refractivity contribution in [2.24, 2.45) is 0 Å². The van der Waals surface area contributed by atoms with E-state index in [1.807, 2.05) is 35.2 Å². The fourth-order valence-corrected chi connectivity index (χ4v) is 2.91. The van der Waals surface area contributed by atoms with Crippen molar-refractivity contribution in [3.8, 4) is 23.1 Å². The van der Waals surface area contributed by atoms with Gasteiger partial charge in [-0.2, -0.15) is 4.98 Å². The predicted octanol–water partition coefficient (Wildman–Crippen LogP) is 3.17. The van der Waals surface area contributed by atoms with Crippen LogP contribution in [0.4, 0.5) is 5.95 Å². The molecule has 29 heavy (non-hydrogen) atoms. The summed E-state index contributed by atoms with van der Waals surface area (Å²) >= 11 is 0. The van der Waals surface area contributed by atoms with Gasteiger partial charge in [0.1, 0.15) is 22.8 Å². The lowest BCUT2D eigenvalue weighted by atomic mass is 10.3. The second-order valence-electron chi connectivity index (χ2n) is 6.42. The van der Waals surface area contributed by atoms with E-state index >= 15 is 0 Å². The molecule has 0 saturated carbocycles. The van der Waals surface area contributed by atoms with Gasteiger partial charge in [0.25, 0.3) is 0 Å². The first-order valence-electron chi connectivity index (χ1n) is 9.26. The number of ether oxygens (including phenoxy) is 2. The Kier molecular flexibility index (Phi) is 5.53. The van der Waals surface area contributed by atoms with Crippen LogP contribution in [0.3, 0.4) is 0 Å². The lowest BCUT2D eigenvalue weighted by molar-refractivity contribution is 0.0693. The van der Waals surface area contributed by atoms with E-state index in [1.54, 1.807) is 24.3 Å². The summed E-state index contributed by atoms with van der Waals surface area (Å²) in [5.41, 5.74) is -0.0894. The van der Waals surface area contributed by atoms with Crippen molar-refractivity contribution >= 4 is 11.9 Å². The molecule has 2 heterocycles. The molecule has 8 nitrogen and oxygen atoms in total. The number of para-hydroxylation sites is 1. The zero-order valence-electron chi connectivity index (χ0n) is 15.6. The maximum atomic E-state index is 11.6. The van der Waals surface area contributed by atoms with Crippen molar-refractivity contribution in [1.82, 2.24) is 15.3 Å². The zero-order valence-corrected chi connectivity index (χ0v) is 15.6. The molecule has 0 bridgehead atoms. The predicted molar refractivity (Wildman–Crippen MR) is 107 cm³/mol. The quantitative estimate of drug-likeness (QED) is 0.660. The number of benzene rings is 2. The van der Waals surface area contributed by atoms with Gasteiger partial charge in [0.05, 0.1) is 6.20 Å². The normalized spacial score (nSPS) is 13.7. The van der Waals surface area contributed by atoms with Crippen LogP contribution in [-0.2, 0) is 0 Å². The highest BCUT2D eigenvalue weighted by Gasteiger charge is 2.20. The molecule has 2 N–H and O–H groups in total. The van der Waals surface area contributed by atoms with Gasteiger partial charge in [0, 0.05) is 26.2 Å². The van der Waals surface area contributed by atoms with Gasteiger partial charge < -0.3 is 24.8 Å². The summed E-state index contributed by atoms with van der Waals surface area (Å²) in [6.07, 6.45) is 1.29. The van der Waals surface area contributed by atoms with Gasteiger partial charge in [-0.1, -0.05) is 18.2 Å². The molecule has 148 valence electrons. The van der Waals surface area contributed by atoms with E-state index in [1.165, 1.54) is 6.20 Å². The van der Waals surface area contributed by atoms with Crippen molar-refractivity contribution in [2.45, 2.75) is 0 Å². The van der Waals surface area contributed by atoms with Crippen LogP contribution >= 0.6 is 0 Å². The third-order valence-corrected chi connectivity index (χ3v) is 4.39. The highest BCUT2D eigenvalue weighted by Crippen LogP contribution is 2.28. The van der Waals surface area contributed by atoms with E-state index in [9.17, 15) is 9.90 Å². The van der Waals surface area contributed by atoms with Crippen LogP contribution in [0, 0.1) is 0 Å². The Morgan fingerprint density at radius 3 is 2.21 bits per heavy atom. The van der Waals surface area contributed by atoms with E-state index in [2.05, 4.69) is 15.3 Å². The van der Waals surface area contributed by atoms with Gasteiger partial charge in [-0.25, -0.2) is 9.78 Å². The van der Waals surface area contributed by atoms with Crippen LogP contribution in [0.2, 0.25) is 0 Å². The minimum Gasteiger partial charge on any atom is -0.477 e. The van der Waals surface area contributed by atoms with Crippen LogP contribution in [0.5, 0.6) is 23.1 Å². The molecule has 0 radical (unpaired) electrons. The number of carbonyl (C=O) groups is 1. The summed E-state index contributed by atoms with van der Waals surface area (Å²) in [6, 6.07) is 16.3. The van der Waals surface area contributed by atoms with Gasteiger partial charge in [-0.05, 0) is 36.4 Å². The molecular formula is C21H20N4O4. The third-order valence-electron chi connectivity index (χ3n) is 4.39. The molecule has 1 aliphatic rings. The Bertz CT molecular complexity index is 974. The van der Waals surface area contributed by atoms with Crippen LogP contribution in [0.1, 0.15) is 10.4 Å². The molecule has 0 unspecified atom stereocenters. The highest BCUT2D eigenvalue weighted by atomic mass is 16.5. The Balaban J connectivity index is 1.53. The zero-order chi connectivity index (χ0) is 20.1. The maximum absolute atomic E-state index is 11.6. The van der Waals surface area contributed by atoms with Crippen molar-refractivity contribution in [3.63, 3.8) is 0 Å².